The number of amides is 1. The summed E-state index contributed by atoms with van der Waals surface area (Å²) in [5, 5.41) is 9.98. The number of nitrogens with one attached hydrogen (secondary N) is 2. The van der Waals surface area contributed by atoms with Gasteiger partial charge in [-0.2, -0.15) is 4.98 Å². The molecule has 10 heteroatoms. The second kappa shape index (κ2) is 10.1. The number of nitrogens with zero attached hydrogens (tertiary/aromatic N) is 3. The minimum atomic E-state index is -0.330. The number of hydrogen-bond donors (Lipinski definition) is 2. The molecule has 1 atom stereocenters. The van der Waals surface area contributed by atoms with Gasteiger partial charge in [0.25, 0.3) is 0 Å². The van der Waals surface area contributed by atoms with Gasteiger partial charge in [-0.1, -0.05) is 5.16 Å². The third kappa shape index (κ3) is 5.52. The van der Waals surface area contributed by atoms with E-state index in [9.17, 15) is 9.18 Å². The molecule has 8 nitrogen and oxygen atoms in total. The Morgan fingerprint density at radius 1 is 1.27 bits per heavy atom. The van der Waals surface area contributed by atoms with Crippen molar-refractivity contribution in [2.45, 2.75) is 25.3 Å². The van der Waals surface area contributed by atoms with E-state index in [1.165, 1.54) is 24.3 Å². The van der Waals surface area contributed by atoms with Crippen molar-refractivity contribution in [1.82, 2.24) is 25.8 Å². The van der Waals surface area contributed by atoms with E-state index >= 15 is 0 Å². The number of halogens is 2. The van der Waals surface area contributed by atoms with Crippen LogP contribution in [0.5, 0.6) is 11.6 Å². The average molecular weight is 434 g/mol. The average Bonchev–Trinajstić information content (AvgIpc) is 3.43. The number of carbonyl (C=O) groups excluding carboxylic acids is 1. The maximum absolute atomic E-state index is 12.9. The number of carbonyl (C=O) groups is 1. The van der Waals surface area contributed by atoms with Gasteiger partial charge in [0.05, 0.1) is 6.04 Å². The van der Waals surface area contributed by atoms with Crippen molar-refractivity contribution in [3.63, 3.8) is 0 Å². The fourth-order valence-electron chi connectivity index (χ4n) is 2.99. The zero-order valence-corrected chi connectivity index (χ0v) is 16.8. The lowest BCUT2D eigenvalue weighted by atomic mass is 10.2. The van der Waals surface area contributed by atoms with Gasteiger partial charge < -0.3 is 19.9 Å². The highest BCUT2D eigenvalue weighted by molar-refractivity contribution is 5.85. The zero-order valence-electron chi connectivity index (χ0n) is 16.0. The monoisotopic (exact) mass is 433 g/mol. The van der Waals surface area contributed by atoms with Gasteiger partial charge in [-0.05, 0) is 49.7 Å². The normalized spacial score (nSPS) is 15.4. The van der Waals surface area contributed by atoms with E-state index in [0.29, 0.717) is 41.9 Å². The molecular formula is C20H21ClFN5O3. The Labute approximate surface area is 178 Å². The summed E-state index contributed by atoms with van der Waals surface area (Å²) >= 11 is 0. The van der Waals surface area contributed by atoms with Crippen LogP contribution in [0.1, 0.15) is 18.7 Å². The summed E-state index contributed by atoms with van der Waals surface area (Å²) in [6, 6.07) is 9.01. The van der Waals surface area contributed by atoms with Gasteiger partial charge in [0.1, 0.15) is 11.6 Å². The van der Waals surface area contributed by atoms with Gasteiger partial charge in [-0.25, -0.2) is 9.37 Å². The third-order valence-corrected chi connectivity index (χ3v) is 4.51. The molecule has 2 aromatic heterocycles. The molecular weight excluding hydrogens is 413 g/mol. The SMILES string of the molecule is Cl.O=C(NCCc1nc(-c2ccc(Oc3ccc(F)cc3)nc2)no1)C1CCCN1. The molecule has 0 saturated carbocycles. The van der Waals surface area contributed by atoms with Crippen molar-refractivity contribution in [2.75, 3.05) is 13.1 Å². The first-order valence-corrected chi connectivity index (χ1v) is 9.41. The van der Waals surface area contributed by atoms with Crippen molar-refractivity contribution in [2.24, 2.45) is 0 Å². The van der Waals surface area contributed by atoms with E-state index in [1.54, 1.807) is 18.3 Å². The van der Waals surface area contributed by atoms with Gasteiger partial charge in [0.2, 0.25) is 23.5 Å². The summed E-state index contributed by atoms with van der Waals surface area (Å²) in [7, 11) is 0. The molecule has 3 heterocycles. The smallest absolute Gasteiger partial charge is 0.237 e. The maximum Gasteiger partial charge on any atom is 0.237 e. The fraction of sp³-hybridized carbons (Fsp3) is 0.300. The molecule has 0 bridgehead atoms. The summed E-state index contributed by atoms with van der Waals surface area (Å²) in [5.41, 5.74) is 0.672. The molecule has 0 aliphatic carbocycles. The Kier molecular flexibility index (Phi) is 7.31. The van der Waals surface area contributed by atoms with E-state index in [0.717, 1.165) is 19.4 Å². The molecule has 1 aliphatic rings. The van der Waals surface area contributed by atoms with Gasteiger partial charge in [0.15, 0.2) is 0 Å². The van der Waals surface area contributed by atoms with Crippen molar-refractivity contribution < 1.29 is 18.4 Å². The van der Waals surface area contributed by atoms with Crippen LogP contribution in [0, 0.1) is 5.82 Å². The lowest BCUT2D eigenvalue weighted by Crippen LogP contribution is -2.41. The topological polar surface area (TPSA) is 102 Å². The first kappa shape index (κ1) is 21.7. The first-order chi connectivity index (χ1) is 14.2. The van der Waals surface area contributed by atoms with Gasteiger partial charge in [-0.15, -0.1) is 12.4 Å². The van der Waals surface area contributed by atoms with Crippen molar-refractivity contribution >= 4 is 18.3 Å². The Bertz CT molecular complexity index is 959. The number of pyridine rings is 1. The van der Waals surface area contributed by atoms with E-state index in [4.69, 9.17) is 9.26 Å². The molecule has 1 fully saturated rings. The van der Waals surface area contributed by atoms with Crippen LogP contribution in [0.2, 0.25) is 0 Å². The quantitative estimate of drug-likeness (QED) is 0.590. The molecule has 30 heavy (non-hydrogen) atoms. The molecule has 1 aromatic carbocycles. The van der Waals surface area contributed by atoms with Crippen molar-refractivity contribution in [1.29, 1.82) is 0 Å². The lowest BCUT2D eigenvalue weighted by molar-refractivity contribution is -0.122. The number of ether oxygens (including phenoxy) is 1. The molecule has 0 spiro atoms. The second-order valence-corrected chi connectivity index (χ2v) is 6.64. The molecule has 1 aliphatic heterocycles. The minimum absolute atomic E-state index is 0. The van der Waals surface area contributed by atoms with Gasteiger partial charge in [0, 0.05) is 30.8 Å². The summed E-state index contributed by atoms with van der Waals surface area (Å²) < 4.78 is 23.7. The summed E-state index contributed by atoms with van der Waals surface area (Å²) in [6.45, 7) is 1.31. The van der Waals surface area contributed by atoms with Crippen LogP contribution in [0.4, 0.5) is 4.39 Å². The second-order valence-electron chi connectivity index (χ2n) is 6.64. The Hall–Kier alpha value is -3.04. The predicted molar refractivity (Wildman–Crippen MR) is 109 cm³/mol. The highest BCUT2D eigenvalue weighted by Crippen LogP contribution is 2.22. The zero-order chi connectivity index (χ0) is 20.1. The van der Waals surface area contributed by atoms with Crippen molar-refractivity contribution in [3.05, 3.63) is 54.3 Å². The van der Waals surface area contributed by atoms with E-state index < -0.39 is 0 Å². The van der Waals surface area contributed by atoms with Crippen LogP contribution in [0.15, 0.2) is 47.1 Å². The van der Waals surface area contributed by atoms with Crippen LogP contribution < -0.4 is 15.4 Å². The van der Waals surface area contributed by atoms with E-state index in [-0.39, 0.29) is 30.2 Å². The maximum atomic E-state index is 12.9. The van der Waals surface area contributed by atoms with Crippen molar-refractivity contribution in [3.8, 4) is 23.0 Å². The molecule has 0 radical (unpaired) electrons. The predicted octanol–water partition coefficient (Wildman–Crippen LogP) is 2.90. The Morgan fingerprint density at radius 3 is 2.80 bits per heavy atom. The van der Waals surface area contributed by atoms with Gasteiger partial charge in [-0.3, -0.25) is 4.79 Å². The molecule has 4 rings (SSSR count). The van der Waals surface area contributed by atoms with Crippen LogP contribution in [-0.2, 0) is 11.2 Å². The molecule has 1 saturated heterocycles. The van der Waals surface area contributed by atoms with Gasteiger partial charge >= 0.3 is 0 Å². The van der Waals surface area contributed by atoms with Crippen LogP contribution in [0.25, 0.3) is 11.4 Å². The summed E-state index contributed by atoms with van der Waals surface area (Å²) in [6.07, 6.45) is 3.91. The summed E-state index contributed by atoms with van der Waals surface area (Å²) in [4.78, 5) is 20.5. The Morgan fingerprint density at radius 2 is 2.10 bits per heavy atom. The molecule has 2 N–H and O–H groups in total. The minimum Gasteiger partial charge on any atom is -0.439 e. The number of aromatic nitrogens is 3. The third-order valence-electron chi connectivity index (χ3n) is 4.51. The highest BCUT2D eigenvalue weighted by Gasteiger charge is 2.21. The lowest BCUT2D eigenvalue weighted by Gasteiger charge is -2.09. The number of benzene rings is 1. The molecule has 158 valence electrons. The van der Waals surface area contributed by atoms with Crippen LogP contribution >= 0.6 is 12.4 Å². The standard InChI is InChI=1S/C20H20FN5O3.ClH/c21-14-4-6-15(7-5-14)28-17-8-3-13(12-24-17)19-25-18(29-26-19)9-11-23-20(27)16-2-1-10-22-16;/h3-8,12,16,22H,1-2,9-11H2,(H,23,27);1H. The molecule has 1 amide bonds. The fourth-order valence-corrected chi connectivity index (χ4v) is 2.99. The molecule has 3 aromatic rings. The molecule has 1 unspecified atom stereocenters. The largest absolute Gasteiger partial charge is 0.439 e. The van der Waals surface area contributed by atoms with E-state index in [2.05, 4.69) is 25.8 Å². The number of hydrogen-bond acceptors (Lipinski definition) is 7. The van der Waals surface area contributed by atoms with E-state index in [1.807, 2.05) is 0 Å². The van der Waals surface area contributed by atoms with Crippen LogP contribution in [-0.4, -0.2) is 40.2 Å². The number of rotatable bonds is 7. The highest BCUT2D eigenvalue weighted by atomic mass is 35.5. The first-order valence-electron chi connectivity index (χ1n) is 9.41. The summed E-state index contributed by atoms with van der Waals surface area (Å²) in [5.74, 6) is 1.37. The van der Waals surface area contributed by atoms with Crippen LogP contribution in [0.3, 0.4) is 0 Å². The Balaban J connectivity index is 0.00000256.